The number of nitrogens with one attached hydrogen (secondary N) is 1. The van der Waals surface area contributed by atoms with Gasteiger partial charge in [0, 0.05) is 12.1 Å². The number of hydrogen-bond acceptors (Lipinski definition) is 4. The summed E-state index contributed by atoms with van der Waals surface area (Å²) >= 11 is 5.64. The van der Waals surface area contributed by atoms with Crippen LogP contribution in [0.4, 0.5) is 18.9 Å². The van der Waals surface area contributed by atoms with Crippen LogP contribution in [0.1, 0.15) is 5.56 Å². The number of nitrogens with zero attached hydrogens (tertiary/aromatic N) is 1. The van der Waals surface area contributed by atoms with Gasteiger partial charge < -0.3 is 10.1 Å². The highest BCUT2D eigenvalue weighted by Crippen LogP contribution is 2.41. The Labute approximate surface area is 163 Å². The van der Waals surface area contributed by atoms with E-state index in [1.54, 1.807) is 6.07 Å². The molecule has 0 bridgehead atoms. The van der Waals surface area contributed by atoms with Crippen LogP contribution in [0.25, 0.3) is 0 Å². The van der Waals surface area contributed by atoms with Crippen LogP contribution in [-0.4, -0.2) is 34.0 Å². The van der Waals surface area contributed by atoms with E-state index < -0.39 is 45.2 Å². The van der Waals surface area contributed by atoms with Gasteiger partial charge in [0.15, 0.2) is 6.10 Å². The molecule has 1 heterocycles. The van der Waals surface area contributed by atoms with Crippen LogP contribution in [0.3, 0.4) is 0 Å². The average molecular weight is 435 g/mol. The molecule has 6 nitrogen and oxygen atoms in total. The lowest BCUT2D eigenvalue weighted by Crippen LogP contribution is -2.50. The Hall–Kier alpha value is -2.46. The van der Waals surface area contributed by atoms with Crippen molar-refractivity contribution in [2.45, 2.75) is 17.2 Å². The highest BCUT2D eigenvalue weighted by Gasteiger charge is 2.42. The van der Waals surface area contributed by atoms with Gasteiger partial charge in [-0.25, -0.2) is 8.42 Å². The van der Waals surface area contributed by atoms with E-state index in [2.05, 4.69) is 5.32 Å². The summed E-state index contributed by atoms with van der Waals surface area (Å²) in [5.41, 5.74) is -1.36. The molecule has 0 spiro atoms. The zero-order valence-corrected chi connectivity index (χ0v) is 15.9. The van der Waals surface area contributed by atoms with Gasteiger partial charge in [-0.2, -0.15) is 13.2 Å². The van der Waals surface area contributed by atoms with E-state index in [-0.39, 0.29) is 16.5 Å². The number of hydrogen-bond donors (Lipinski definition) is 1. The number of benzene rings is 2. The van der Waals surface area contributed by atoms with E-state index in [0.717, 1.165) is 16.4 Å². The van der Waals surface area contributed by atoms with E-state index in [0.29, 0.717) is 6.07 Å². The van der Waals surface area contributed by atoms with Gasteiger partial charge in [0.05, 0.1) is 22.7 Å². The van der Waals surface area contributed by atoms with Crippen LogP contribution in [0.5, 0.6) is 5.75 Å². The van der Waals surface area contributed by atoms with Crippen molar-refractivity contribution in [1.82, 2.24) is 5.32 Å². The maximum atomic E-state index is 13.5. The average Bonchev–Trinajstić information content (AvgIpc) is 2.65. The molecule has 0 radical (unpaired) electrons. The molecule has 11 heteroatoms. The molecule has 0 fully saturated rings. The summed E-state index contributed by atoms with van der Waals surface area (Å²) < 4.78 is 73.0. The Morgan fingerprint density at radius 1 is 1.25 bits per heavy atom. The molecule has 0 saturated carbocycles. The Morgan fingerprint density at radius 3 is 2.57 bits per heavy atom. The normalized spacial score (nSPS) is 16.9. The first-order valence-electron chi connectivity index (χ1n) is 7.92. The number of anilines is 1. The fourth-order valence-corrected chi connectivity index (χ4v) is 4.64. The predicted octanol–water partition coefficient (Wildman–Crippen LogP) is 3.06. The van der Waals surface area contributed by atoms with Gasteiger partial charge in [-0.1, -0.05) is 23.7 Å². The van der Waals surface area contributed by atoms with Gasteiger partial charge in [-0.05, 0) is 30.3 Å². The molecular weight excluding hydrogens is 421 g/mol. The molecule has 0 aromatic heterocycles. The number of amides is 1. The zero-order chi connectivity index (χ0) is 20.7. The summed E-state index contributed by atoms with van der Waals surface area (Å²) in [4.78, 5) is 11.0. The fraction of sp³-hybridized carbons (Fsp3) is 0.235. The minimum atomic E-state index is -4.95. The summed E-state index contributed by atoms with van der Waals surface area (Å²) in [5.74, 6) is -0.546. The van der Waals surface area contributed by atoms with E-state index in [1.807, 2.05) is 0 Å². The second-order valence-electron chi connectivity index (χ2n) is 5.86. The van der Waals surface area contributed by atoms with Crippen molar-refractivity contribution in [3.63, 3.8) is 0 Å². The summed E-state index contributed by atoms with van der Waals surface area (Å²) in [6.45, 7) is -0.487. The lowest BCUT2D eigenvalue weighted by Gasteiger charge is -2.35. The van der Waals surface area contributed by atoms with Gasteiger partial charge in [-0.15, -0.1) is 0 Å². The second kappa shape index (κ2) is 7.17. The highest BCUT2D eigenvalue weighted by atomic mass is 35.5. The maximum absolute atomic E-state index is 13.5. The van der Waals surface area contributed by atoms with Gasteiger partial charge in [0.1, 0.15) is 5.75 Å². The Bertz CT molecular complexity index is 1030. The quantitative estimate of drug-likeness (QED) is 0.805. The number of carbonyl (C=O) groups excluding carboxylic acids is 1. The number of rotatable bonds is 3. The monoisotopic (exact) mass is 434 g/mol. The van der Waals surface area contributed by atoms with Crippen molar-refractivity contribution < 1.29 is 31.1 Å². The lowest BCUT2D eigenvalue weighted by atomic mass is 10.2. The van der Waals surface area contributed by atoms with Gasteiger partial charge in [0.2, 0.25) is 0 Å². The van der Waals surface area contributed by atoms with E-state index in [9.17, 15) is 26.4 Å². The predicted molar refractivity (Wildman–Crippen MR) is 95.9 cm³/mol. The van der Waals surface area contributed by atoms with E-state index in [4.69, 9.17) is 16.3 Å². The van der Waals surface area contributed by atoms with Crippen molar-refractivity contribution in [2.75, 3.05) is 17.9 Å². The SMILES string of the molecule is CNC(=O)C1CN(S(=O)(=O)c2ccc(Cl)cc2C(F)(F)F)c2ccccc2O1. The molecule has 2 aromatic rings. The smallest absolute Gasteiger partial charge is 0.417 e. The van der Waals surface area contributed by atoms with Crippen LogP contribution in [-0.2, 0) is 21.0 Å². The molecule has 1 N–H and O–H groups in total. The van der Waals surface area contributed by atoms with Crippen molar-refractivity contribution in [3.8, 4) is 5.75 Å². The summed E-state index contributed by atoms with van der Waals surface area (Å²) in [6.07, 6.45) is -6.17. The highest BCUT2D eigenvalue weighted by molar-refractivity contribution is 7.93. The number of ether oxygens (including phenoxy) is 1. The second-order valence-corrected chi connectivity index (χ2v) is 8.13. The molecule has 3 rings (SSSR count). The molecule has 2 aromatic carbocycles. The summed E-state index contributed by atoms with van der Waals surface area (Å²) in [6, 6.07) is 8.29. The van der Waals surface area contributed by atoms with E-state index in [1.165, 1.54) is 25.2 Å². The third-order valence-corrected chi connectivity index (χ3v) is 6.16. The number of alkyl halides is 3. The number of likely N-dealkylation sites (N-methyl/N-ethyl adjacent to an activating group) is 1. The van der Waals surface area contributed by atoms with Crippen LogP contribution in [0.15, 0.2) is 47.4 Å². The number of halogens is 4. The molecule has 1 atom stereocenters. The fourth-order valence-electron chi connectivity index (χ4n) is 2.79. The summed E-state index contributed by atoms with van der Waals surface area (Å²) in [7, 11) is -3.35. The van der Waals surface area contributed by atoms with Crippen molar-refractivity contribution in [1.29, 1.82) is 0 Å². The Morgan fingerprint density at radius 2 is 1.93 bits per heavy atom. The zero-order valence-electron chi connectivity index (χ0n) is 14.3. The van der Waals surface area contributed by atoms with Crippen LogP contribution in [0, 0.1) is 0 Å². The largest absolute Gasteiger partial charge is 0.476 e. The molecule has 150 valence electrons. The molecule has 1 amide bonds. The van der Waals surface area contributed by atoms with Crippen LogP contribution < -0.4 is 14.4 Å². The molecular formula is C17H14ClF3N2O4S. The number of carbonyl (C=O) groups is 1. The molecule has 1 aliphatic heterocycles. The van der Waals surface area contributed by atoms with E-state index >= 15 is 0 Å². The Balaban J connectivity index is 2.18. The molecule has 1 aliphatic rings. The topological polar surface area (TPSA) is 75.7 Å². The minimum Gasteiger partial charge on any atom is -0.476 e. The molecule has 28 heavy (non-hydrogen) atoms. The third kappa shape index (κ3) is 3.61. The lowest BCUT2D eigenvalue weighted by molar-refractivity contribution is -0.139. The first kappa shape index (κ1) is 20.3. The van der Waals surface area contributed by atoms with Gasteiger partial charge in [-0.3, -0.25) is 9.10 Å². The minimum absolute atomic E-state index is 0.0331. The first-order valence-corrected chi connectivity index (χ1v) is 9.74. The molecule has 0 saturated heterocycles. The third-order valence-electron chi connectivity index (χ3n) is 4.09. The Kier molecular flexibility index (Phi) is 5.20. The first-order chi connectivity index (χ1) is 13.1. The number of sulfonamides is 1. The van der Waals surface area contributed by atoms with Crippen LogP contribution in [0.2, 0.25) is 5.02 Å². The number of para-hydroxylation sites is 2. The standard InChI is InChI=1S/C17H14ClF3N2O4S/c1-22-16(24)14-9-23(12-4-2-3-5-13(12)27-14)28(25,26)15-7-6-10(18)8-11(15)17(19,20)21/h2-8,14H,9H2,1H3,(H,22,24). The maximum Gasteiger partial charge on any atom is 0.417 e. The molecule has 0 aliphatic carbocycles. The van der Waals surface area contributed by atoms with Crippen molar-refractivity contribution >= 4 is 33.2 Å². The van der Waals surface area contributed by atoms with Crippen molar-refractivity contribution in [3.05, 3.63) is 53.1 Å². The van der Waals surface area contributed by atoms with Crippen molar-refractivity contribution in [2.24, 2.45) is 0 Å². The number of fused-ring (bicyclic) bond motifs is 1. The van der Waals surface area contributed by atoms with Gasteiger partial charge >= 0.3 is 6.18 Å². The summed E-state index contributed by atoms with van der Waals surface area (Å²) in [5, 5.41) is 2.08. The molecule has 1 unspecified atom stereocenters. The van der Waals surface area contributed by atoms with Gasteiger partial charge in [0.25, 0.3) is 15.9 Å². The van der Waals surface area contributed by atoms with Crippen LogP contribution >= 0.6 is 11.6 Å².